The van der Waals surface area contributed by atoms with E-state index in [4.69, 9.17) is 4.42 Å². The Morgan fingerprint density at radius 3 is 2.73 bits per heavy atom. The second kappa shape index (κ2) is 6.77. The van der Waals surface area contributed by atoms with Crippen molar-refractivity contribution in [3.63, 3.8) is 0 Å². The number of furan rings is 1. The van der Waals surface area contributed by atoms with Gasteiger partial charge in [-0.3, -0.25) is 0 Å². The summed E-state index contributed by atoms with van der Waals surface area (Å²) >= 11 is 0. The van der Waals surface area contributed by atoms with Gasteiger partial charge in [-0.2, -0.15) is 0 Å². The Labute approximate surface area is 85.1 Å². The van der Waals surface area contributed by atoms with Crippen molar-refractivity contribution in [3.8, 4) is 0 Å². The van der Waals surface area contributed by atoms with Crippen molar-refractivity contribution in [2.75, 3.05) is 0 Å². The first-order valence-corrected chi connectivity index (χ1v) is 3.96. The smallest absolute Gasteiger partial charge is 0.103 e. The molecule has 0 N–H and O–H groups in total. The summed E-state index contributed by atoms with van der Waals surface area (Å²) in [6.07, 6.45) is 6.67. The SMILES string of the molecule is CCCCCc1ccco1.[Sn]. The maximum atomic E-state index is 5.18. The fraction of sp³-hybridized carbons (Fsp3) is 0.556. The van der Waals surface area contributed by atoms with E-state index in [0.29, 0.717) is 0 Å². The fourth-order valence-electron chi connectivity index (χ4n) is 1.00. The number of aryl methyl sites for hydroxylation is 1. The van der Waals surface area contributed by atoms with Crippen LogP contribution in [0.2, 0.25) is 0 Å². The number of hydrogen-bond donors (Lipinski definition) is 0. The van der Waals surface area contributed by atoms with E-state index in [-0.39, 0.29) is 23.9 Å². The molecule has 0 saturated carbocycles. The number of hydrogen-bond acceptors (Lipinski definition) is 1. The molecule has 0 aliphatic heterocycles. The van der Waals surface area contributed by atoms with Crippen molar-refractivity contribution in [2.24, 2.45) is 0 Å². The monoisotopic (exact) mass is 258 g/mol. The van der Waals surface area contributed by atoms with Crippen LogP contribution in [0.3, 0.4) is 0 Å². The third kappa shape index (κ3) is 4.51. The molecule has 1 aromatic rings. The van der Waals surface area contributed by atoms with Gasteiger partial charge >= 0.3 is 0 Å². The van der Waals surface area contributed by atoms with Gasteiger partial charge in [0.15, 0.2) is 0 Å². The molecule has 2 heteroatoms. The van der Waals surface area contributed by atoms with Gasteiger partial charge in [-0.05, 0) is 18.6 Å². The van der Waals surface area contributed by atoms with Crippen molar-refractivity contribution in [2.45, 2.75) is 32.6 Å². The van der Waals surface area contributed by atoms with Crippen LogP contribution in [-0.2, 0) is 6.42 Å². The molecule has 1 heterocycles. The molecular weight excluding hydrogens is 243 g/mol. The van der Waals surface area contributed by atoms with Crippen molar-refractivity contribution in [3.05, 3.63) is 24.2 Å². The zero-order chi connectivity index (χ0) is 7.23. The average molecular weight is 257 g/mol. The summed E-state index contributed by atoms with van der Waals surface area (Å²) in [5.74, 6) is 1.12. The second-order valence-electron chi connectivity index (χ2n) is 2.54. The molecule has 4 radical (unpaired) electrons. The Balaban J connectivity index is 0.000001000. The van der Waals surface area contributed by atoms with Crippen LogP contribution < -0.4 is 0 Å². The van der Waals surface area contributed by atoms with Crippen LogP contribution in [0.5, 0.6) is 0 Å². The normalized spacial score (nSPS) is 9.18. The van der Waals surface area contributed by atoms with Crippen LogP contribution >= 0.6 is 0 Å². The van der Waals surface area contributed by atoms with E-state index in [1.54, 1.807) is 6.26 Å². The Hall–Kier alpha value is 0.0787. The van der Waals surface area contributed by atoms with Crippen LogP contribution in [0, 0.1) is 0 Å². The summed E-state index contributed by atoms with van der Waals surface area (Å²) in [6.45, 7) is 2.21. The maximum Gasteiger partial charge on any atom is 0.103 e. The molecule has 0 fully saturated rings. The van der Waals surface area contributed by atoms with Gasteiger partial charge in [0, 0.05) is 30.3 Å². The van der Waals surface area contributed by atoms with Crippen LogP contribution in [0.4, 0.5) is 0 Å². The first kappa shape index (κ1) is 11.1. The summed E-state index contributed by atoms with van der Waals surface area (Å²) in [7, 11) is 0. The summed E-state index contributed by atoms with van der Waals surface area (Å²) in [4.78, 5) is 0. The molecule has 0 aliphatic carbocycles. The zero-order valence-corrected chi connectivity index (χ0v) is 9.82. The molecule has 0 bridgehead atoms. The van der Waals surface area contributed by atoms with Crippen LogP contribution in [0.15, 0.2) is 22.8 Å². The molecule has 0 saturated heterocycles. The van der Waals surface area contributed by atoms with Gasteiger partial charge in [0.2, 0.25) is 0 Å². The first-order valence-electron chi connectivity index (χ1n) is 3.96. The van der Waals surface area contributed by atoms with E-state index in [0.717, 1.165) is 12.2 Å². The van der Waals surface area contributed by atoms with E-state index >= 15 is 0 Å². The quantitative estimate of drug-likeness (QED) is 0.596. The summed E-state index contributed by atoms with van der Waals surface area (Å²) in [5, 5.41) is 0. The molecule has 1 rings (SSSR count). The largest absolute Gasteiger partial charge is 0.469 e. The van der Waals surface area contributed by atoms with Crippen molar-refractivity contribution in [1.82, 2.24) is 0 Å². The van der Waals surface area contributed by atoms with Crippen LogP contribution in [0.25, 0.3) is 0 Å². The van der Waals surface area contributed by atoms with Crippen molar-refractivity contribution < 1.29 is 4.42 Å². The number of unbranched alkanes of at least 4 members (excludes halogenated alkanes) is 2. The summed E-state index contributed by atoms with van der Waals surface area (Å²) < 4.78 is 5.18. The van der Waals surface area contributed by atoms with E-state index in [9.17, 15) is 0 Å². The minimum Gasteiger partial charge on any atom is -0.469 e. The zero-order valence-electron chi connectivity index (χ0n) is 6.97. The van der Waals surface area contributed by atoms with Gasteiger partial charge in [0.1, 0.15) is 5.76 Å². The Bertz CT molecular complexity index is 158. The molecule has 1 nitrogen and oxygen atoms in total. The summed E-state index contributed by atoms with van der Waals surface area (Å²) in [6, 6.07) is 3.98. The minimum absolute atomic E-state index is 0. The molecule has 60 valence electrons. The topological polar surface area (TPSA) is 13.1 Å². The maximum absolute atomic E-state index is 5.18. The second-order valence-corrected chi connectivity index (χ2v) is 2.54. The van der Waals surface area contributed by atoms with Gasteiger partial charge in [0.25, 0.3) is 0 Å². The van der Waals surface area contributed by atoms with Crippen molar-refractivity contribution >= 4 is 23.9 Å². The Kier molecular flexibility index (Phi) is 6.82. The third-order valence-electron chi connectivity index (χ3n) is 1.61. The average Bonchev–Trinajstić information content (AvgIpc) is 2.41. The molecule has 0 aliphatic rings. The van der Waals surface area contributed by atoms with E-state index in [1.807, 2.05) is 12.1 Å². The predicted molar refractivity (Wildman–Crippen MR) is 47.7 cm³/mol. The predicted octanol–water partition coefficient (Wildman–Crippen LogP) is 2.63. The Morgan fingerprint density at radius 1 is 1.36 bits per heavy atom. The first-order chi connectivity index (χ1) is 4.93. The molecular formula is C9H14OSn. The molecule has 11 heavy (non-hydrogen) atoms. The van der Waals surface area contributed by atoms with Gasteiger partial charge in [0.05, 0.1) is 6.26 Å². The van der Waals surface area contributed by atoms with Crippen LogP contribution in [0.1, 0.15) is 31.9 Å². The number of rotatable bonds is 4. The van der Waals surface area contributed by atoms with E-state index in [2.05, 4.69) is 6.92 Å². The van der Waals surface area contributed by atoms with Gasteiger partial charge in [-0.1, -0.05) is 19.8 Å². The molecule has 1 aromatic heterocycles. The van der Waals surface area contributed by atoms with Gasteiger partial charge < -0.3 is 4.42 Å². The Morgan fingerprint density at radius 2 is 2.18 bits per heavy atom. The third-order valence-corrected chi connectivity index (χ3v) is 1.61. The molecule has 0 spiro atoms. The van der Waals surface area contributed by atoms with Gasteiger partial charge in [-0.25, -0.2) is 0 Å². The molecule has 0 atom stereocenters. The van der Waals surface area contributed by atoms with Crippen molar-refractivity contribution in [1.29, 1.82) is 0 Å². The van der Waals surface area contributed by atoms with E-state index < -0.39 is 0 Å². The molecule has 0 unspecified atom stereocenters. The molecule has 0 amide bonds. The fourth-order valence-corrected chi connectivity index (χ4v) is 1.00. The standard InChI is InChI=1S/C9H14O.Sn/c1-2-3-4-6-9-7-5-8-10-9;/h5,7-8H,2-4,6H2,1H3;. The molecule has 0 aromatic carbocycles. The van der Waals surface area contributed by atoms with E-state index in [1.165, 1.54) is 19.3 Å². The minimum atomic E-state index is 0. The summed E-state index contributed by atoms with van der Waals surface area (Å²) in [5.41, 5.74) is 0. The van der Waals surface area contributed by atoms with Crippen LogP contribution in [-0.4, -0.2) is 23.9 Å². The van der Waals surface area contributed by atoms with Gasteiger partial charge in [-0.15, -0.1) is 0 Å².